The van der Waals surface area contributed by atoms with E-state index >= 15 is 0 Å². The van der Waals surface area contributed by atoms with Crippen LogP contribution in [0.25, 0.3) is 0 Å². The maximum Gasteiger partial charge on any atom is 0.269 e. The van der Waals surface area contributed by atoms with E-state index in [1.807, 2.05) is 91.8 Å². The molecule has 0 radical (unpaired) electrons. The summed E-state index contributed by atoms with van der Waals surface area (Å²) in [5.74, 6) is -5.28. The molecule has 5 fully saturated rings. The van der Waals surface area contributed by atoms with Crippen molar-refractivity contribution >= 4 is 75.5 Å². The Morgan fingerprint density at radius 2 is 0.539 bits per heavy atom. The summed E-state index contributed by atoms with van der Waals surface area (Å²) in [6.07, 6.45) is 13.4. The molecule has 8 heterocycles. The van der Waals surface area contributed by atoms with Crippen LogP contribution in [0.3, 0.4) is 0 Å². The average Bonchev–Trinajstić information content (AvgIpc) is 0.843. The Hall–Kier alpha value is -14.3. The van der Waals surface area contributed by atoms with E-state index in [2.05, 4.69) is 74.4 Å². The highest BCUT2D eigenvalue weighted by molar-refractivity contribution is 6.08. The summed E-state index contributed by atoms with van der Waals surface area (Å²) in [6, 6.07) is 46.8. The van der Waals surface area contributed by atoms with Crippen LogP contribution in [0, 0.1) is 59.9 Å². The molecule has 0 aliphatic carbocycles. The number of benzene rings is 5. The van der Waals surface area contributed by atoms with E-state index in [9.17, 15) is 83.4 Å². The Kier molecular flexibility index (Phi) is 74.9. The van der Waals surface area contributed by atoms with Crippen LogP contribution in [0.4, 0.5) is 17.1 Å². The van der Waals surface area contributed by atoms with Crippen LogP contribution in [0.5, 0.6) is 11.5 Å². The molecule has 5 unspecified atom stereocenters. The van der Waals surface area contributed by atoms with Crippen molar-refractivity contribution in [2.75, 3.05) is 7.11 Å². The number of non-ortho nitro benzene ring substituents is 3. The second kappa shape index (κ2) is 70.0. The highest BCUT2D eigenvalue weighted by Gasteiger charge is 2.36. The second-order valence-corrected chi connectivity index (χ2v) is 25.4. The monoisotopic (exact) mass is 1780 g/mol. The lowest BCUT2D eigenvalue weighted by atomic mass is 9.87. The fourth-order valence-electron chi connectivity index (χ4n) is 11.1. The minimum atomic E-state index is -0.744. The Morgan fingerprint density at radius 1 is 0.328 bits per heavy atom. The van der Waals surface area contributed by atoms with Crippen LogP contribution in [0.2, 0.25) is 0 Å². The number of H-pyrrole nitrogens is 3. The minimum Gasteiger partial charge on any atom is -0.508 e. The third-order valence-corrected chi connectivity index (χ3v) is 16.9. The topological polar surface area (TPSA) is 452 Å². The molecule has 0 bridgehead atoms. The highest BCUT2D eigenvalue weighted by atomic mass is 16.6. The molecule has 0 spiro atoms. The van der Waals surface area contributed by atoms with E-state index < -0.39 is 44.4 Å². The molecule has 5 aliphatic rings. The molecule has 30 heteroatoms. The van der Waals surface area contributed by atoms with Crippen molar-refractivity contribution in [3.63, 3.8) is 0 Å². The number of aromatic hydroxyl groups is 1. The predicted octanol–water partition coefficient (Wildman–Crippen LogP) is 17.9. The minimum absolute atomic E-state index is 0. The first-order valence-electron chi connectivity index (χ1n) is 34.6. The van der Waals surface area contributed by atoms with Crippen LogP contribution in [0.1, 0.15) is 184 Å². The number of carbonyl (C=O) groups is 10. The summed E-state index contributed by atoms with van der Waals surface area (Å²) in [5.41, 5.74) is 6.51. The van der Waals surface area contributed by atoms with Gasteiger partial charge in [0.1, 0.15) is 41.1 Å². The number of nitro groups is 3. The molecule has 3 aromatic heterocycles. The number of ketones is 5. The van der Waals surface area contributed by atoms with E-state index in [1.165, 1.54) is 36.4 Å². The Labute approximate surface area is 761 Å². The zero-order chi connectivity index (χ0) is 81.8. The number of nitrogens with zero attached hydrogens (tertiary/aromatic N) is 3. The van der Waals surface area contributed by atoms with Gasteiger partial charge in [-0.3, -0.25) is 78.3 Å². The van der Waals surface area contributed by atoms with Crippen LogP contribution in [0.15, 0.2) is 268 Å². The predicted molar refractivity (Wildman–Crippen MR) is 514 cm³/mol. The van der Waals surface area contributed by atoms with E-state index in [1.54, 1.807) is 86.0 Å². The van der Waals surface area contributed by atoms with Crippen molar-refractivity contribution in [1.82, 2.24) is 26.6 Å². The van der Waals surface area contributed by atoms with Crippen LogP contribution >= 0.6 is 0 Å². The van der Waals surface area contributed by atoms with Crippen LogP contribution in [-0.4, -0.2) is 90.5 Å². The molecule has 706 valence electrons. The first-order chi connectivity index (χ1) is 53.5. The van der Waals surface area contributed by atoms with E-state index in [0.29, 0.717) is 62.9 Å². The number of nitrogens with one attached hydrogen (secondary N) is 8. The number of phenolic OH excluding ortho intramolecular Hbond substituents is 1. The average molecular weight is 1780 g/mol. The van der Waals surface area contributed by atoms with Crippen molar-refractivity contribution in [3.8, 4) is 11.5 Å². The van der Waals surface area contributed by atoms with Gasteiger partial charge in [0.05, 0.1) is 28.5 Å². The van der Waals surface area contributed by atoms with Crippen LogP contribution in [-0.2, 0) is 86.7 Å². The number of amides is 5. The van der Waals surface area contributed by atoms with Gasteiger partial charge in [-0.1, -0.05) is 225 Å². The van der Waals surface area contributed by atoms with Crippen LogP contribution < -0.4 is 46.3 Å². The quantitative estimate of drug-likeness (QED) is 0.0285. The number of hydrogen-bond donors (Lipinski definition) is 7. The third kappa shape index (κ3) is 45.9. The van der Waals surface area contributed by atoms with Gasteiger partial charge >= 0.3 is 0 Å². The number of piperidine rings is 5. The van der Waals surface area contributed by atoms with Crippen molar-refractivity contribution < 1.29 is 92.6 Å². The van der Waals surface area contributed by atoms with Gasteiger partial charge < -0.3 is 41.5 Å². The zero-order valence-corrected chi connectivity index (χ0v) is 61.0. The van der Waals surface area contributed by atoms with E-state index in [4.69, 9.17) is 9.84 Å². The van der Waals surface area contributed by atoms with Gasteiger partial charge in [-0.15, -0.1) is 0 Å². The van der Waals surface area contributed by atoms with Crippen molar-refractivity contribution in [2.24, 2.45) is 29.6 Å². The highest BCUT2D eigenvalue weighted by Crippen LogP contribution is 2.27. The van der Waals surface area contributed by atoms with E-state index in [-0.39, 0.29) is 264 Å². The SMILES string of the molecule is C.C.C.C.C.C.C.C.C.C.C.C.C.C.C.C.C=C1CC(=O)C(Cc2ccc(O)cc2)C(=O)N1.C=C1CC(=O)C(Cc2ccc(OC)cc2CO)C(=O)N1.C=C1CC(=O)C(Cc2ccc([N+](=O)[O-])cc2)C(=O)N1.C=C1CC(=O)C(Cc2ccc([N+](=O)[O-])cc2)C(=O)N1.C=C1CC(=O)C(Cc2ccc([N+](=O)[O-])cc2)C(=O)N1.c1cc[nH+]cc1.c1cc[nH+]cc1.c1cc[nH+]cc1. The molecule has 5 atom stereocenters. The number of phenols is 1. The third-order valence-electron chi connectivity index (χ3n) is 16.9. The summed E-state index contributed by atoms with van der Waals surface area (Å²) in [6.45, 7) is 17.7. The largest absolute Gasteiger partial charge is 0.508 e. The smallest absolute Gasteiger partial charge is 0.269 e. The summed E-state index contributed by atoms with van der Waals surface area (Å²) in [4.78, 5) is 156. The lowest BCUT2D eigenvalue weighted by Crippen LogP contribution is -2.42. The van der Waals surface area contributed by atoms with Gasteiger partial charge in [0.2, 0.25) is 29.5 Å². The second-order valence-electron chi connectivity index (χ2n) is 25.4. The number of ether oxygens (including phenoxy) is 1. The van der Waals surface area contributed by atoms with Gasteiger partial charge in [0.15, 0.2) is 66.1 Å². The molecule has 30 nitrogen and oxygen atoms in total. The van der Waals surface area contributed by atoms with Gasteiger partial charge in [-0.25, -0.2) is 15.0 Å². The summed E-state index contributed by atoms with van der Waals surface area (Å²) < 4.78 is 5.09. The number of pyridine rings is 3. The van der Waals surface area contributed by atoms with Gasteiger partial charge in [-0.2, -0.15) is 0 Å². The number of aromatic nitrogens is 3. The number of nitro benzene ring substituents is 3. The van der Waals surface area contributed by atoms with Crippen molar-refractivity contribution in [1.29, 1.82) is 0 Å². The number of aromatic amines is 3. The normalized spacial score (nSPS) is 15.3. The molecule has 128 heavy (non-hydrogen) atoms. The summed E-state index contributed by atoms with van der Waals surface area (Å²) in [7, 11) is 1.54. The van der Waals surface area contributed by atoms with Crippen molar-refractivity contribution in [2.45, 2.75) is 190 Å². The molecule has 10 N–H and O–H groups in total. The number of allylic oxidation sites excluding steroid dienone is 5. The molecule has 5 aliphatic heterocycles. The molecule has 5 amide bonds. The number of aliphatic hydroxyl groups excluding tert-OH is 1. The standard InChI is InChI=1S/C15H17NO4.3C13H12N2O4.C13H13NO3.3C5H5N.16CH4/c1-9-5-14(18)13(15(19)16-9)7-10-3-4-12(20-2)6-11(10)8-17;3*1-8-6-12(16)11(13(17)14-8)7-9-2-4-10(5-3-9)15(18)19;1-8-6-12(16)11(13(17)14-8)7-9-2-4-10(15)5-3-9;3*1-2-4-6-5-3-1;;;;;;;;;;;;;;;;/h3-4,6,13,17H,1,5,7-8H2,2H3,(H,16,19);3*2-5,11H,1,6-7H2,(H,14,17);2-5,11,15H,1,6-7H2,(H,14,17);3*1-5H;16*1H4/p+3. The Balaban J connectivity index is -0.000000137. The molecule has 5 saturated heterocycles. The summed E-state index contributed by atoms with van der Waals surface area (Å²) >= 11 is 0. The maximum atomic E-state index is 11.9. The fraction of sp³-hybridized carbons (Fsp3) is 0.337. The number of aliphatic hydroxyl groups is 1. The molecule has 5 aromatic carbocycles. The van der Waals surface area contributed by atoms with Crippen molar-refractivity contribution in [3.05, 3.63) is 332 Å². The Morgan fingerprint density at radius 3 is 0.711 bits per heavy atom. The number of rotatable bonds is 15. The first kappa shape index (κ1) is 137. The number of Topliss-reactive ketones (excluding diaryl/α,β-unsaturated/α-hetero) is 5. The van der Waals surface area contributed by atoms with E-state index in [0.717, 1.165) is 11.1 Å². The molecule has 8 aromatic rings. The summed E-state index contributed by atoms with van der Waals surface area (Å²) in [5, 5.41) is 62.9. The molecule has 13 rings (SSSR count). The number of hydrogen-bond acceptors (Lipinski definition) is 19. The van der Waals surface area contributed by atoms with Gasteiger partial charge in [0, 0.05) is 133 Å². The molecule has 0 saturated carbocycles. The van der Waals surface area contributed by atoms with Gasteiger partial charge in [0.25, 0.3) is 17.1 Å². The fourth-order valence-corrected chi connectivity index (χ4v) is 11.1. The number of methoxy groups -OCH3 is 1. The molecular formula is C98H148N11O19+3. The maximum absolute atomic E-state index is 11.9. The number of carbonyl (C=O) groups excluding carboxylic acids is 10. The zero-order valence-electron chi connectivity index (χ0n) is 61.0. The Bertz CT molecular complexity index is 4240. The lowest BCUT2D eigenvalue weighted by Gasteiger charge is -2.23. The van der Waals surface area contributed by atoms with Gasteiger partial charge in [-0.05, 0) is 89.8 Å². The lowest BCUT2D eigenvalue weighted by molar-refractivity contribution is -0.385. The molecular weight excluding hydrogens is 1640 g/mol. The first-order valence-corrected chi connectivity index (χ1v) is 34.6.